The summed E-state index contributed by atoms with van der Waals surface area (Å²) in [4.78, 5) is 11.5. The molecule has 0 unspecified atom stereocenters. The molecule has 1 N–H and O–H groups in total. The molecule has 0 fully saturated rings. The molecule has 0 saturated heterocycles. The number of rotatable bonds is 3. The standard InChI is InChI=1S/C12H12N4O/c1-16-8-7-11(15-16)12(17)14-13-9-10-5-3-2-4-6-10/h2-9H,1H3,(H,14,17). The van der Waals surface area contributed by atoms with Crippen LogP contribution in [0.25, 0.3) is 0 Å². The van der Waals surface area contributed by atoms with E-state index in [1.165, 1.54) is 0 Å². The van der Waals surface area contributed by atoms with Crippen LogP contribution in [0.15, 0.2) is 47.7 Å². The molecule has 1 amide bonds. The van der Waals surface area contributed by atoms with Crippen LogP contribution in [0.5, 0.6) is 0 Å². The van der Waals surface area contributed by atoms with Crippen LogP contribution in [-0.4, -0.2) is 21.9 Å². The zero-order valence-corrected chi connectivity index (χ0v) is 9.37. The van der Waals surface area contributed by atoms with Crippen LogP contribution in [0, 0.1) is 0 Å². The topological polar surface area (TPSA) is 59.3 Å². The van der Waals surface area contributed by atoms with Gasteiger partial charge in [-0.05, 0) is 11.6 Å². The van der Waals surface area contributed by atoms with Crippen molar-refractivity contribution < 1.29 is 4.79 Å². The van der Waals surface area contributed by atoms with Gasteiger partial charge in [-0.15, -0.1) is 0 Å². The van der Waals surface area contributed by atoms with Gasteiger partial charge < -0.3 is 0 Å². The summed E-state index contributed by atoms with van der Waals surface area (Å²) in [5.74, 6) is -0.321. The van der Waals surface area contributed by atoms with Crippen molar-refractivity contribution in [1.82, 2.24) is 15.2 Å². The van der Waals surface area contributed by atoms with Crippen molar-refractivity contribution in [1.29, 1.82) is 0 Å². The van der Waals surface area contributed by atoms with Gasteiger partial charge in [-0.1, -0.05) is 30.3 Å². The number of nitrogens with one attached hydrogen (secondary N) is 1. The SMILES string of the molecule is Cn1ccc(C(=O)NN=Cc2ccccc2)n1. The maximum Gasteiger partial charge on any atom is 0.291 e. The molecule has 0 saturated carbocycles. The first-order valence-corrected chi connectivity index (χ1v) is 5.14. The van der Waals surface area contributed by atoms with Crippen molar-refractivity contribution in [3.05, 3.63) is 53.9 Å². The number of hydrogen-bond donors (Lipinski definition) is 1. The van der Waals surface area contributed by atoms with Crippen LogP contribution in [0.1, 0.15) is 16.1 Å². The zero-order chi connectivity index (χ0) is 12.1. The number of carbonyl (C=O) groups excluding carboxylic acids is 1. The predicted octanol–water partition coefficient (Wildman–Crippen LogP) is 1.18. The van der Waals surface area contributed by atoms with E-state index in [9.17, 15) is 4.79 Å². The molecule has 1 heterocycles. The number of hydrogen-bond acceptors (Lipinski definition) is 3. The Hall–Kier alpha value is -2.43. The quantitative estimate of drug-likeness (QED) is 0.633. The molecule has 0 atom stereocenters. The Labute approximate surface area is 98.8 Å². The summed E-state index contributed by atoms with van der Waals surface area (Å²) < 4.78 is 1.57. The van der Waals surface area contributed by atoms with Gasteiger partial charge in [0.2, 0.25) is 0 Å². The number of nitrogens with zero attached hydrogens (tertiary/aromatic N) is 3. The first-order valence-electron chi connectivity index (χ1n) is 5.14. The lowest BCUT2D eigenvalue weighted by Gasteiger charge is -1.95. The molecule has 5 nitrogen and oxygen atoms in total. The van der Waals surface area contributed by atoms with Crippen molar-refractivity contribution in [2.45, 2.75) is 0 Å². The third kappa shape index (κ3) is 3.01. The number of amides is 1. The summed E-state index contributed by atoms with van der Waals surface area (Å²) in [6.45, 7) is 0. The number of aryl methyl sites for hydroxylation is 1. The highest BCUT2D eigenvalue weighted by Crippen LogP contribution is 1.95. The van der Waals surface area contributed by atoms with Crippen molar-refractivity contribution in [2.75, 3.05) is 0 Å². The van der Waals surface area contributed by atoms with E-state index in [1.54, 1.807) is 30.2 Å². The molecule has 1 aromatic carbocycles. The van der Waals surface area contributed by atoms with Gasteiger partial charge in [0.05, 0.1) is 6.21 Å². The van der Waals surface area contributed by atoms with Gasteiger partial charge in [0.15, 0.2) is 5.69 Å². The summed E-state index contributed by atoms with van der Waals surface area (Å²) in [5, 5.41) is 7.82. The Morgan fingerprint density at radius 3 is 2.76 bits per heavy atom. The highest BCUT2D eigenvalue weighted by molar-refractivity contribution is 5.92. The van der Waals surface area contributed by atoms with Gasteiger partial charge in [0, 0.05) is 13.2 Å². The fourth-order valence-electron chi connectivity index (χ4n) is 1.30. The molecular weight excluding hydrogens is 216 g/mol. The second-order valence-electron chi connectivity index (χ2n) is 3.48. The Morgan fingerprint density at radius 2 is 2.12 bits per heavy atom. The van der Waals surface area contributed by atoms with Crippen molar-refractivity contribution >= 4 is 12.1 Å². The van der Waals surface area contributed by atoms with Gasteiger partial charge in [-0.25, -0.2) is 5.43 Å². The van der Waals surface area contributed by atoms with E-state index in [4.69, 9.17) is 0 Å². The van der Waals surface area contributed by atoms with Gasteiger partial charge in [0.25, 0.3) is 5.91 Å². The number of aromatic nitrogens is 2. The van der Waals surface area contributed by atoms with E-state index in [2.05, 4.69) is 15.6 Å². The first kappa shape index (κ1) is 11.1. The molecule has 0 aliphatic heterocycles. The maximum absolute atomic E-state index is 11.5. The Bertz CT molecular complexity index is 530. The van der Waals surface area contributed by atoms with Crippen molar-refractivity contribution in [2.24, 2.45) is 12.1 Å². The lowest BCUT2D eigenvalue weighted by atomic mass is 10.2. The first-order chi connectivity index (χ1) is 8.25. The molecule has 0 bridgehead atoms. The fraction of sp³-hybridized carbons (Fsp3) is 0.0833. The number of benzene rings is 1. The molecule has 17 heavy (non-hydrogen) atoms. The lowest BCUT2D eigenvalue weighted by Crippen LogP contribution is -2.18. The second-order valence-corrected chi connectivity index (χ2v) is 3.48. The average molecular weight is 228 g/mol. The van der Waals surface area contributed by atoms with E-state index in [-0.39, 0.29) is 5.91 Å². The summed E-state index contributed by atoms with van der Waals surface area (Å²) in [7, 11) is 1.75. The van der Waals surface area contributed by atoms with Crippen LogP contribution in [0.4, 0.5) is 0 Å². The van der Waals surface area contributed by atoms with Crippen LogP contribution >= 0.6 is 0 Å². The monoisotopic (exact) mass is 228 g/mol. The van der Waals surface area contributed by atoms with Gasteiger partial charge in [-0.3, -0.25) is 9.48 Å². The van der Waals surface area contributed by atoms with E-state index >= 15 is 0 Å². The highest BCUT2D eigenvalue weighted by atomic mass is 16.2. The van der Waals surface area contributed by atoms with Crippen LogP contribution in [0.3, 0.4) is 0 Å². The Kier molecular flexibility index (Phi) is 3.30. The fourth-order valence-corrected chi connectivity index (χ4v) is 1.30. The summed E-state index contributed by atoms with van der Waals surface area (Å²) in [6, 6.07) is 11.2. The lowest BCUT2D eigenvalue weighted by molar-refractivity contribution is 0.0949. The summed E-state index contributed by atoms with van der Waals surface area (Å²) in [5.41, 5.74) is 3.69. The van der Waals surface area contributed by atoms with Gasteiger partial charge >= 0.3 is 0 Å². The number of hydrazone groups is 1. The van der Waals surface area contributed by atoms with E-state index in [0.29, 0.717) is 5.69 Å². The van der Waals surface area contributed by atoms with Crippen LogP contribution in [0.2, 0.25) is 0 Å². The molecule has 0 aliphatic carbocycles. The third-order valence-corrected chi connectivity index (χ3v) is 2.13. The second kappa shape index (κ2) is 5.07. The minimum Gasteiger partial charge on any atom is -0.275 e. The van der Waals surface area contributed by atoms with E-state index in [0.717, 1.165) is 5.56 Å². The van der Waals surface area contributed by atoms with Gasteiger partial charge in [0.1, 0.15) is 0 Å². The highest BCUT2D eigenvalue weighted by Gasteiger charge is 2.06. The molecule has 0 radical (unpaired) electrons. The van der Waals surface area contributed by atoms with Crippen LogP contribution in [-0.2, 0) is 7.05 Å². The molecule has 2 rings (SSSR count). The van der Waals surface area contributed by atoms with Gasteiger partial charge in [-0.2, -0.15) is 10.2 Å². The summed E-state index contributed by atoms with van der Waals surface area (Å²) >= 11 is 0. The third-order valence-electron chi connectivity index (χ3n) is 2.13. The predicted molar refractivity (Wildman–Crippen MR) is 64.7 cm³/mol. The summed E-state index contributed by atoms with van der Waals surface area (Å²) in [6.07, 6.45) is 3.29. The molecule has 0 aliphatic rings. The number of carbonyl (C=O) groups is 1. The Morgan fingerprint density at radius 1 is 1.35 bits per heavy atom. The minimum atomic E-state index is -0.321. The smallest absolute Gasteiger partial charge is 0.275 e. The molecule has 1 aromatic heterocycles. The zero-order valence-electron chi connectivity index (χ0n) is 9.37. The van der Waals surface area contributed by atoms with E-state index in [1.807, 2.05) is 30.3 Å². The molecular formula is C12H12N4O. The van der Waals surface area contributed by atoms with Crippen molar-refractivity contribution in [3.8, 4) is 0 Å². The van der Waals surface area contributed by atoms with Crippen LogP contribution < -0.4 is 5.43 Å². The average Bonchev–Trinajstić information content (AvgIpc) is 2.77. The minimum absolute atomic E-state index is 0.321. The molecule has 86 valence electrons. The largest absolute Gasteiger partial charge is 0.291 e. The Balaban J connectivity index is 1.95. The molecule has 0 spiro atoms. The normalized spacial score (nSPS) is 10.6. The molecule has 2 aromatic rings. The maximum atomic E-state index is 11.5. The van der Waals surface area contributed by atoms with Crippen molar-refractivity contribution in [3.63, 3.8) is 0 Å². The van der Waals surface area contributed by atoms with E-state index < -0.39 is 0 Å². The molecule has 5 heteroatoms.